The highest BCUT2D eigenvalue weighted by molar-refractivity contribution is 6.08. The van der Waals surface area contributed by atoms with Crippen LogP contribution in [0.3, 0.4) is 0 Å². The van der Waals surface area contributed by atoms with Gasteiger partial charge < -0.3 is 0 Å². The van der Waals surface area contributed by atoms with Crippen molar-refractivity contribution in [1.29, 1.82) is 0 Å². The van der Waals surface area contributed by atoms with Gasteiger partial charge in [-0.15, -0.1) is 0 Å². The summed E-state index contributed by atoms with van der Waals surface area (Å²) in [7, 11) is 0. The number of halogens is 3. The predicted octanol–water partition coefficient (Wildman–Crippen LogP) is 4.76. The lowest BCUT2D eigenvalue weighted by molar-refractivity contribution is -0.135. The fourth-order valence-corrected chi connectivity index (χ4v) is 2.05. The number of hydrogen-bond acceptors (Lipinski definition) is 1. The molecule has 0 saturated heterocycles. The van der Waals surface area contributed by atoms with Gasteiger partial charge in [0.15, 0.2) is 5.78 Å². The largest absolute Gasteiger partial charge is 0.389 e. The molecule has 19 heavy (non-hydrogen) atoms. The lowest BCUT2D eigenvalue weighted by Crippen LogP contribution is -2.08. The first-order chi connectivity index (χ1) is 8.97. The van der Waals surface area contributed by atoms with Gasteiger partial charge in [0.2, 0.25) is 0 Å². The molecule has 0 aliphatic heterocycles. The van der Waals surface area contributed by atoms with Crippen LogP contribution in [0.4, 0.5) is 13.2 Å². The van der Waals surface area contributed by atoms with Gasteiger partial charge in [-0.25, -0.2) is 0 Å². The molecule has 0 aliphatic rings. The van der Waals surface area contributed by atoms with Crippen LogP contribution in [0.1, 0.15) is 29.6 Å². The van der Waals surface area contributed by atoms with E-state index >= 15 is 0 Å². The molecule has 0 fully saturated rings. The van der Waals surface area contributed by atoms with Gasteiger partial charge in [-0.3, -0.25) is 4.79 Å². The van der Waals surface area contributed by atoms with E-state index in [0.717, 1.165) is 10.8 Å². The van der Waals surface area contributed by atoms with E-state index in [-0.39, 0.29) is 18.6 Å². The minimum absolute atomic E-state index is 0.0759. The summed E-state index contributed by atoms with van der Waals surface area (Å²) in [5, 5.41) is 1.71. The van der Waals surface area contributed by atoms with Crippen molar-refractivity contribution in [1.82, 2.24) is 0 Å². The number of hydrogen-bond donors (Lipinski definition) is 0. The van der Waals surface area contributed by atoms with Gasteiger partial charge in [0, 0.05) is 18.4 Å². The second-order valence-electron chi connectivity index (χ2n) is 4.42. The summed E-state index contributed by atoms with van der Waals surface area (Å²) in [6.45, 7) is 0. The lowest BCUT2D eigenvalue weighted by atomic mass is 9.98. The molecule has 1 nitrogen and oxygen atoms in total. The van der Waals surface area contributed by atoms with E-state index < -0.39 is 12.6 Å². The molecular weight excluding hydrogens is 253 g/mol. The van der Waals surface area contributed by atoms with Crippen molar-refractivity contribution in [3.05, 3.63) is 48.0 Å². The van der Waals surface area contributed by atoms with Crippen LogP contribution in [0.15, 0.2) is 42.5 Å². The van der Waals surface area contributed by atoms with Crippen LogP contribution in [0.2, 0.25) is 0 Å². The first-order valence-corrected chi connectivity index (χ1v) is 6.05. The number of alkyl halides is 3. The van der Waals surface area contributed by atoms with Crippen molar-refractivity contribution in [2.45, 2.75) is 25.4 Å². The molecule has 100 valence electrons. The number of carbonyl (C=O) groups is 1. The molecule has 0 radical (unpaired) electrons. The predicted molar refractivity (Wildman–Crippen MR) is 68.2 cm³/mol. The number of Topliss-reactive ketones (excluding diaryl/α,β-unsaturated/α-hetero) is 1. The average Bonchev–Trinajstić information content (AvgIpc) is 2.36. The Bertz CT molecular complexity index is 582. The zero-order chi connectivity index (χ0) is 13.9. The Hall–Kier alpha value is -1.84. The highest BCUT2D eigenvalue weighted by Crippen LogP contribution is 2.24. The molecule has 2 aromatic rings. The maximum absolute atomic E-state index is 12.1. The maximum atomic E-state index is 12.1. The maximum Gasteiger partial charge on any atom is 0.389 e. The minimum Gasteiger partial charge on any atom is -0.294 e. The monoisotopic (exact) mass is 266 g/mol. The summed E-state index contributed by atoms with van der Waals surface area (Å²) in [6, 6.07) is 12.7. The Morgan fingerprint density at radius 2 is 1.68 bits per heavy atom. The summed E-state index contributed by atoms with van der Waals surface area (Å²) >= 11 is 0. The molecule has 2 aromatic carbocycles. The first kappa shape index (κ1) is 13.6. The van der Waals surface area contributed by atoms with E-state index in [2.05, 4.69) is 0 Å². The molecule has 4 heteroatoms. The normalized spacial score (nSPS) is 11.7. The fraction of sp³-hybridized carbons (Fsp3) is 0.267. The van der Waals surface area contributed by atoms with Crippen LogP contribution in [-0.2, 0) is 0 Å². The number of ketones is 1. The Balaban J connectivity index is 2.14. The van der Waals surface area contributed by atoms with Crippen molar-refractivity contribution in [2.75, 3.05) is 0 Å². The van der Waals surface area contributed by atoms with Crippen LogP contribution in [0, 0.1) is 0 Å². The zero-order valence-corrected chi connectivity index (χ0v) is 10.2. The van der Waals surface area contributed by atoms with Crippen LogP contribution in [-0.4, -0.2) is 12.0 Å². The van der Waals surface area contributed by atoms with Gasteiger partial charge in [0.05, 0.1) is 0 Å². The number of carbonyl (C=O) groups excluding carboxylic acids is 1. The third-order valence-corrected chi connectivity index (χ3v) is 2.95. The van der Waals surface area contributed by atoms with Crippen LogP contribution in [0.25, 0.3) is 10.8 Å². The number of fused-ring (bicyclic) bond motifs is 1. The van der Waals surface area contributed by atoms with E-state index in [4.69, 9.17) is 0 Å². The van der Waals surface area contributed by atoms with Crippen molar-refractivity contribution < 1.29 is 18.0 Å². The number of rotatable bonds is 4. The van der Waals surface area contributed by atoms with Crippen molar-refractivity contribution in [3.63, 3.8) is 0 Å². The Morgan fingerprint density at radius 3 is 2.42 bits per heavy atom. The summed E-state index contributed by atoms with van der Waals surface area (Å²) in [4.78, 5) is 12.0. The average molecular weight is 266 g/mol. The SMILES string of the molecule is O=C(CCCC(F)(F)F)c1cccc2ccccc12. The quantitative estimate of drug-likeness (QED) is 0.729. The molecule has 2 rings (SSSR count). The highest BCUT2D eigenvalue weighted by atomic mass is 19.4. The molecule has 0 N–H and O–H groups in total. The third-order valence-electron chi connectivity index (χ3n) is 2.95. The molecule has 0 spiro atoms. The van der Waals surface area contributed by atoms with E-state index in [1.165, 1.54) is 0 Å². The van der Waals surface area contributed by atoms with Gasteiger partial charge in [-0.2, -0.15) is 13.2 Å². The summed E-state index contributed by atoms with van der Waals surface area (Å²) in [5.74, 6) is -0.235. The van der Waals surface area contributed by atoms with Crippen LogP contribution in [0.5, 0.6) is 0 Å². The molecule has 0 amide bonds. The molecule has 0 unspecified atom stereocenters. The highest BCUT2D eigenvalue weighted by Gasteiger charge is 2.26. The van der Waals surface area contributed by atoms with Crippen molar-refractivity contribution in [3.8, 4) is 0 Å². The van der Waals surface area contributed by atoms with E-state index in [1.54, 1.807) is 12.1 Å². The summed E-state index contributed by atoms with van der Waals surface area (Å²) in [5.41, 5.74) is 0.500. The fourth-order valence-electron chi connectivity index (χ4n) is 2.05. The van der Waals surface area contributed by atoms with Crippen LogP contribution >= 0.6 is 0 Å². The van der Waals surface area contributed by atoms with Gasteiger partial charge in [-0.05, 0) is 17.2 Å². The smallest absolute Gasteiger partial charge is 0.294 e. The lowest BCUT2D eigenvalue weighted by Gasteiger charge is -2.07. The second kappa shape index (κ2) is 5.43. The molecule has 0 atom stereocenters. The molecular formula is C15H13F3O. The molecule has 0 heterocycles. The van der Waals surface area contributed by atoms with Gasteiger partial charge >= 0.3 is 6.18 Å². The zero-order valence-electron chi connectivity index (χ0n) is 10.2. The Kier molecular flexibility index (Phi) is 3.88. The third kappa shape index (κ3) is 3.56. The van der Waals surface area contributed by atoms with Gasteiger partial charge in [0.25, 0.3) is 0 Å². The van der Waals surface area contributed by atoms with Crippen LogP contribution < -0.4 is 0 Å². The number of benzene rings is 2. The minimum atomic E-state index is -4.20. The summed E-state index contributed by atoms with van der Waals surface area (Å²) in [6.07, 6.45) is -5.35. The molecule has 0 saturated carbocycles. The second-order valence-corrected chi connectivity index (χ2v) is 4.42. The summed E-state index contributed by atoms with van der Waals surface area (Å²) < 4.78 is 36.2. The standard InChI is InChI=1S/C15H13F3O/c16-15(17,18)10-4-9-14(19)13-8-3-6-11-5-1-2-7-12(11)13/h1-3,5-8H,4,9-10H2. The van der Waals surface area contributed by atoms with E-state index in [9.17, 15) is 18.0 Å². The topological polar surface area (TPSA) is 17.1 Å². The van der Waals surface area contributed by atoms with Crippen molar-refractivity contribution >= 4 is 16.6 Å². The Labute approximate surface area is 109 Å². The van der Waals surface area contributed by atoms with E-state index in [1.807, 2.05) is 30.3 Å². The molecule has 0 aliphatic carbocycles. The molecule has 0 bridgehead atoms. The van der Waals surface area contributed by atoms with E-state index in [0.29, 0.717) is 5.56 Å². The molecule has 0 aromatic heterocycles. The van der Waals surface area contributed by atoms with Gasteiger partial charge in [-0.1, -0.05) is 42.5 Å². The first-order valence-electron chi connectivity index (χ1n) is 6.05. The van der Waals surface area contributed by atoms with Gasteiger partial charge in [0.1, 0.15) is 0 Å². The van der Waals surface area contributed by atoms with Crippen molar-refractivity contribution in [2.24, 2.45) is 0 Å². The Morgan fingerprint density at radius 1 is 1.00 bits per heavy atom.